The molecule has 0 bridgehead atoms. The zero-order chi connectivity index (χ0) is 18.4. The molecule has 2 rings (SSSR count). The minimum absolute atomic E-state index is 0. The average molecular weight is 401 g/mol. The number of halogens is 2. The second kappa shape index (κ2) is 10.2. The van der Waals surface area contributed by atoms with E-state index in [0.717, 1.165) is 0 Å². The molecule has 0 spiro atoms. The molecule has 6 nitrogen and oxygen atoms in total. The Bertz CT molecular complexity index is 819. The van der Waals surface area contributed by atoms with Crippen LogP contribution in [-0.2, 0) is 16.1 Å². The number of amides is 2. The standard InChI is InChI=1S/C17H21FN4O2S.ClH/c1-11(2)15(19)16(24)20-9-14(23)21-17-22(7-8-25-17)10-12-5-3-4-6-13(12)18;/h3-8,11,15H,9-10,19H2,1-2H3,(H,20,24);1H/t15-;/m0./s1. The highest BCUT2D eigenvalue weighted by Gasteiger charge is 2.17. The molecule has 0 saturated carbocycles. The van der Waals surface area contributed by atoms with Crippen LogP contribution in [0.1, 0.15) is 19.4 Å². The van der Waals surface area contributed by atoms with Gasteiger partial charge in [-0.05, 0) is 12.0 Å². The third-order valence-corrected chi connectivity index (χ3v) is 4.41. The van der Waals surface area contributed by atoms with Crippen LogP contribution >= 0.6 is 23.7 Å². The van der Waals surface area contributed by atoms with Crippen LogP contribution < -0.4 is 15.9 Å². The fourth-order valence-electron chi connectivity index (χ4n) is 2.05. The lowest BCUT2D eigenvalue weighted by Gasteiger charge is -2.14. The van der Waals surface area contributed by atoms with E-state index < -0.39 is 11.9 Å². The van der Waals surface area contributed by atoms with Crippen LogP contribution in [0.4, 0.5) is 4.39 Å². The SMILES string of the molecule is CC(C)[C@H](N)C(=O)NCC(=O)N=c1sccn1Cc1ccccc1F.Cl. The van der Waals surface area contributed by atoms with Crippen molar-refractivity contribution in [1.29, 1.82) is 0 Å². The van der Waals surface area contributed by atoms with Crippen molar-refractivity contribution in [3.8, 4) is 0 Å². The molecular formula is C17H22ClFN4O2S. The molecule has 142 valence electrons. The third kappa shape index (κ3) is 6.05. The van der Waals surface area contributed by atoms with E-state index in [0.29, 0.717) is 10.4 Å². The summed E-state index contributed by atoms with van der Waals surface area (Å²) in [5.74, 6) is -1.21. The first-order valence-electron chi connectivity index (χ1n) is 7.86. The topological polar surface area (TPSA) is 89.5 Å². The maximum absolute atomic E-state index is 13.8. The molecule has 2 amide bonds. The number of hydrogen-bond acceptors (Lipinski definition) is 4. The minimum Gasteiger partial charge on any atom is -0.346 e. The van der Waals surface area contributed by atoms with Gasteiger partial charge >= 0.3 is 0 Å². The van der Waals surface area contributed by atoms with Crippen LogP contribution in [0.15, 0.2) is 40.8 Å². The number of carbonyl (C=O) groups excluding carboxylic acids is 2. The molecule has 9 heteroatoms. The first kappa shape index (κ1) is 22.0. The Hall–Kier alpha value is -2.03. The predicted octanol–water partition coefficient (Wildman–Crippen LogP) is 1.69. The quantitative estimate of drug-likeness (QED) is 0.773. The summed E-state index contributed by atoms with van der Waals surface area (Å²) in [7, 11) is 0. The largest absolute Gasteiger partial charge is 0.346 e. The summed E-state index contributed by atoms with van der Waals surface area (Å²) in [5, 5.41) is 4.25. The molecular weight excluding hydrogens is 379 g/mol. The number of thiazole rings is 1. The van der Waals surface area contributed by atoms with Crippen LogP contribution in [0, 0.1) is 11.7 Å². The van der Waals surface area contributed by atoms with Gasteiger partial charge in [0, 0.05) is 17.1 Å². The van der Waals surface area contributed by atoms with Gasteiger partial charge in [0.25, 0.3) is 5.91 Å². The predicted molar refractivity (Wildman–Crippen MR) is 101 cm³/mol. The molecule has 1 aromatic heterocycles. The fourth-order valence-corrected chi connectivity index (χ4v) is 2.79. The second-order valence-electron chi connectivity index (χ2n) is 5.90. The van der Waals surface area contributed by atoms with Gasteiger partial charge in [-0.1, -0.05) is 32.0 Å². The number of carbonyl (C=O) groups is 2. The van der Waals surface area contributed by atoms with Crippen molar-refractivity contribution in [3.05, 3.63) is 52.0 Å². The summed E-state index contributed by atoms with van der Waals surface area (Å²) < 4.78 is 15.4. The summed E-state index contributed by atoms with van der Waals surface area (Å²) in [6, 6.07) is 5.77. The number of nitrogens with zero attached hydrogens (tertiary/aromatic N) is 2. The van der Waals surface area contributed by atoms with Gasteiger partial charge in [0.2, 0.25) is 5.91 Å². The van der Waals surface area contributed by atoms with Crippen molar-refractivity contribution in [3.63, 3.8) is 0 Å². The van der Waals surface area contributed by atoms with Crippen molar-refractivity contribution in [2.45, 2.75) is 26.4 Å². The normalized spacial score (nSPS) is 12.6. The van der Waals surface area contributed by atoms with E-state index in [1.54, 1.807) is 34.3 Å². The lowest BCUT2D eigenvalue weighted by Crippen LogP contribution is -2.45. The Kier molecular flexibility index (Phi) is 8.64. The van der Waals surface area contributed by atoms with Gasteiger partial charge in [0.1, 0.15) is 5.82 Å². The zero-order valence-electron chi connectivity index (χ0n) is 14.5. The van der Waals surface area contributed by atoms with Gasteiger partial charge in [-0.15, -0.1) is 23.7 Å². The van der Waals surface area contributed by atoms with Crippen molar-refractivity contribution < 1.29 is 14.0 Å². The number of hydrogen-bond donors (Lipinski definition) is 2. The lowest BCUT2D eigenvalue weighted by atomic mass is 10.1. The first-order valence-corrected chi connectivity index (χ1v) is 8.74. The van der Waals surface area contributed by atoms with Gasteiger partial charge in [0.05, 0.1) is 19.1 Å². The van der Waals surface area contributed by atoms with E-state index >= 15 is 0 Å². The van der Waals surface area contributed by atoms with E-state index in [1.165, 1.54) is 17.4 Å². The lowest BCUT2D eigenvalue weighted by molar-refractivity contribution is -0.126. The summed E-state index contributed by atoms with van der Waals surface area (Å²) in [6.07, 6.45) is 1.73. The number of benzene rings is 1. The van der Waals surface area contributed by atoms with Crippen LogP contribution in [-0.4, -0.2) is 29.0 Å². The minimum atomic E-state index is -0.666. The fraction of sp³-hybridized carbons (Fsp3) is 0.353. The van der Waals surface area contributed by atoms with Gasteiger partial charge in [0.15, 0.2) is 4.80 Å². The molecule has 0 aliphatic rings. The molecule has 2 aromatic rings. The maximum atomic E-state index is 13.8. The molecule has 0 radical (unpaired) electrons. The molecule has 1 atom stereocenters. The Morgan fingerprint density at radius 3 is 2.69 bits per heavy atom. The molecule has 0 unspecified atom stereocenters. The van der Waals surface area contributed by atoms with Gasteiger partial charge < -0.3 is 15.6 Å². The monoisotopic (exact) mass is 400 g/mol. The van der Waals surface area contributed by atoms with E-state index in [4.69, 9.17) is 5.73 Å². The van der Waals surface area contributed by atoms with E-state index in [1.807, 2.05) is 13.8 Å². The molecule has 0 saturated heterocycles. The maximum Gasteiger partial charge on any atom is 0.267 e. The van der Waals surface area contributed by atoms with Crippen molar-refractivity contribution in [2.75, 3.05) is 6.54 Å². The highest BCUT2D eigenvalue weighted by atomic mass is 35.5. The average Bonchev–Trinajstić information content (AvgIpc) is 3.00. The molecule has 0 fully saturated rings. The zero-order valence-corrected chi connectivity index (χ0v) is 16.1. The number of nitrogens with two attached hydrogens (primary N) is 1. The molecule has 0 aliphatic carbocycles. The molecule has 26 heavy (non-hydrogen) atoms. The number of rotatable bonds is 6. The Morgan fingerprint density at radius 2 is 2.04 bits per heavy atom. The number of aromatic nitrogens is 1. The third-order valence-electron chi connectivity index (χ3n) is 3.61. The van der Waals surface area contributed by atoms with Crippen LogP contribution in [0.25, 0.3) is 0 Å². The number of nitrogens with one attached hydrogen (secondary N) is 1. The molecule has 0 aliphatic heterocycles. The van der Waals surface area contributed by atoms with Gasteiger partial charge in [-0.25, -0.2) is 4.39 Å². The van der Waals surface area contributed by atoms with E-state index in [-0.39, 0.29) is 43.1 Å². The summed E-state index contributed by atoms with van der Waals surface area (Å²) >= 11 is 1.26. The Balaban J connectivity index is 0.00000338. The summed E-state index contributed by atoms with van der Waals surface area (Å²) in [6.45, 7) is 3.70. The molecule has 3 N–H and O–H groups in total. The van der Waals surface area contributed by atoms with E-state index in [9.17, 15) is 14.0 Å². The van der Waals surface area contributed by atoms with Crippen molar-refractivity contribution in [1.82, 2.24) is 9.88 Å². The van der Waals surface area contributed by atoms with Crippen molar-refractivity contribution >= 4 is 35.6 Å². The van der Waals surface area contributed by atoms with Gasteiger partial charge in [-0.2, -0.15) is 4.99 Å². The van der Waals surface area contributed by atoms with Crippen molar-refractivity contribution in [2.24, 2.45) is 16.6 Å². The van der Waals surface area contributed by atoms with Crippen LogP contribution in [0.2, 0.25) is 0 Å². The second-order valence-corrected chi connectivity index (χ2v) is 6.77. The van der Waals surface area contributed by atoms with Crippen LogP contribution in [0.3, 0.4) is 0 Å². The summed E-state index contributed by atoms with van der Waals surface area (Å²) in [4.78, 5) is 28.2. The summed E-state index contributed by atoms with van der Waals surface area (Å²) in [5.41, 5.74) is 6.22. The smallest absolute Gasteiger partial charge is 0.267 e. The van der Waals surface area contributed by atoms with E-state index in [2.05, 4.69) is 10.3 Å². The Morgan fingerprint density at radius 1 is 1.35 bits per heavy atom. The van der Waals surface area contributed by atoms with Crippen LogP contribution in [0.5, 0.6) is 0 Å². The highest BCUT2D eigenvalue weighted by Crippen LogP contribution is 2.08. The Labute approximate surface area is 161 Å². The molecule has 1 heterocycles. The van der Waals surface area contributed by atoms with Gasteiger partial charge in [-0.3, -0.25) is 9.59 Å². The highest BCUT2D eigenvalue weighted by molar-refractivity contribution is 7.07. The first-order chi connectivity index (χ1) is 11.9. The molecule has 1 aromatic carbocycles.